The van der Waals surface area contributed by atoms with Crippen LogP contribution in [0.1, 0.15) is 67.5 Å². The molecule has 0 aliphatic rings. The lowest BCUT2D eigenvalue weighted by Gasteiger charge is -2.33. The van der Waals surface area contributed by atoms with E-state index >= 15 is 0 Å². The highest BCUT2D eigenvalue weighted by molar-refractivity contribution is 5.94. The van der Waals surface area contributed by atoms with Gasteiger partial charge in [-0.1, -0.05) is 94.4 Å². The minimum Gasteiger partial charge on any atom is -0.495 e. The maximum atomic E-state index is 14.4. The number of carbonyl (C=O) groups excluding carboxylic acids is 1. The molecule has 0 aliphatic carbocycles. The van der Waals surface area contributed by atoms with Gasteiger partial charge in [0.05, 0.1) is 29.7 Å². The number of rotatable bonds is 8. The summed E-state index contributed by atoms with van der Waals surface area (Å²) in [4.78, 5) is 35.4. The van der Waals surface area contributed by atoms with Crippen LogP contribution in [0.5, 0.6) is 5.75 Å². The summed E-state index contributed by atoms with van der Waals surface area (Å²) in [5.74, 6) is 0.910. The van der Waals surface area contributed by atoms with Crippen LogP contribution in [-0.2, 0) is 12.0 Å². The van der Waals surface area contributed by atoms with Crippen LogP contribution in [0.2, 0.25) is 0 Å². The summed E-state index contributed by atoms with van der Waals surface area (Å²) < 4.78 is 7.29. The van der Waals surface area contributed by atoms with Crippen molar-refractivity contribution >= 4 is 16.8 Å². The Kier molecular flexibility index (Phi) is 8.25. The summed E-state index contributed by atoms with van der Waals surface area (Å²) in [6.45, 7) is 8.84. The van der Waals surface area contributed by atoms with E-state index in [0.29, 0.717) is 46.7 Å². The number of benzene rings is 4. The molecule has 1 atom stereocenters. The fourth-order valence-corrected chi connectivity index (χ4v) is 5.35. The largest absolute Gasteiger partial charge is 0.495 e. The second-order valence-corrected chi connectivity index (χ2v) is 11.5. The van der Waals surface area contributed by atoms with E-state index in [4.69, 9.17) is 9.72 Å². The fraction of sp³-hybridized carbons (Fsp3) is 0.250. The van der Waals surface area contributed by atoms with E-state index in [0.717, 1.165) is 11.1 Å². The number of ether oxygens (including phenoxy) is 1. The number of fused-ring (bicyclic) bond motifs is 1. The highest BCUT2D eigenvalue weighted by atomic mass is 16.5. The molecule has 42 heavy (non-hydrogen) atoms. The minimum absolute atomic E-state index is 0.0307. The molecule has 0 saturated carbocycles. The topological polar surface area (TPSA) is 64.4 Å². The molecule has 6 heteroatoms. The van der Waals surface area contributed by atoms with Crippen molar-refractivity contribution in [2.45, 2.75) is 52.1 Å². The quantitative estimate of drug-likeness (QED) is 0.198. The van der Waals surface area contributed by atoms with Gasteiger partial charge in [-0.25, -0.2) is 4.98 Å². The average Bonchev–Trinajstić information content (AvgIpc) is 3.01. The number of carbonyl (C=O) groups is 1. The highest BCUT2D eigenvalue weighted by Gasteiger charge is 2.31. The lowest BCUT2D eigenvalue weighted by atomic mass is 9.86. The van der Waals surface area contributed by atoms with E-state index in [1.54, 1.807) is 17.7 Å². The van der Waals surface area contributed by atoms with Gasteiger partial charge in [-0.05, 0) is 59.4 Å². The van der Waals surface area contributed by atoms with Gasteiger partial charge >= 0.3 is 0 Å². The van der Waals surface area contributed by atoms with Crippen molar-refractivity contribution in [2.75, 3.05) is 7.11 Å². The normalized spacial score (nSPS) is 12.2. The van der Waals surface area contributed by atoms with E-state index in [1.807, 2.05) is 109 Å². The third-order valence-electron chi connectivity index (χ3n) is 7.64. The number of aromatic nitrogens is 2. The first-order valence-electron chi connectivity index (χ1n) is 14.3. The van der Waals surface area contributed by atoms with Crippen LogP contribution in [0.15, 0.2) is 108 Å². The molecule has 0 aliphatic heterocycles. The molecular weight excluding hydrogens is 522 g/mol. The van der Waals surface area contributed by atoms with Crippen LogP contribution in [0.3, 0.4) is 0 Å². The monoisotopic (exact) mass is 559 g/mol. The van der Waals surface area contributed by atoms with Gasteiger partial charge in [0, 0.05) is 12.1 Å². The fourth-order valence-electron chi connectivity index (χ4n) is 5.35. The number of amides is 1. The van der Waals surface area contributed by atoms with Crippen LogP contribution in [-0.4, -0.2) is 27.5 Å². The summed E-state index contributed by atoms with van der Waals surface area (Å²) in [5.41, 5.74) is 3.66. The van der Waals surface area contributed by atoms with Crippen LogP contribution in [0, 0.1) is 0 Å². The lowest BCUT2D eigenvalue weighted by molar-refractivity contribution is 0.0640. The molecule has 0 radical (unpaired) electrons. The third-order valence-corrected chi connectivity index (χ3v) is 7.64. The van der Waals surface area contributed by atoms with Crippen molar-refractivity contribution in [1.82, 2.24) is 14.5 Å². The smallest absolute Gasteiger partial charge is 0.266 e. The molecule has 1 unspecified atom stereocenters. The standard InChI is InChI=1S/C36H37N3O3/c1-6-30(33-37-29-17-11-10-16-28(29)35(41)39(33)31-18-12-13-19-32(31)42-5)38(24-25-14-8-7-9-15-25)34(40)26-20-22-27(23-21-26)36(2,3)4/h7-23,30H,6,24H2,1-5H3. The third kappa shape index (κ3) is 5.70. The predicted octanol–water partition coefficient (Wildman–Crippen LogP) is 7.49. The number of para-hydroxylation sites is 3. The van der Waals surface area contributed by atoms with Gasteiger partial charge in [0.2, 0.25) is 0 Å². The van der Waals surface area contributed by atoms with Gasteiger partial charge in [-0.3, -0.25) is 14.2 Å². The van der Waals surface area contributed by atoms with E-state index in [-0.39, 0.29) is 16.9 Å². The van der Waals surface area contributed by atoms with Gasteiger partial charge in [-0.2, -0.15) is 0 Å². The molecule has 1 heterocycles. The number of hydrogen-bond acceptors (Lipinski definition) is 4. The summed E-state index contributed by atoms with van der Waals surface area (Å²) >= 11 is 0. The van der Waals surface area contributed by atoms with E-state index < -0.39 is 6.04 Å². The number of hydrogen-bond donors (Lipinski definition) is 0. The SMILES string of the molecule is CCC(c1nc2ccccc2c(=O)n1-c1ccccc1OC)N(Cc1ccccc1)C(=O)c1ccc(C(C)(C)C)cc1. The van der Waals surface area contributed by atoms with Gasteiger partial charge in [0.1, 0.15) is 11.6 Å². The summed E-state index contributed by atoms with van der Waals surface area (Å²) in [6, 6.07) is 32.0. The van der Waals surface area contributed by atoms with Gasteiger partial charge in [-0.15, -0.1) is 0 Å². The maximum absolute atomic E-state index is 14.4. The number of methoxy groups -OCH3 is 1. The first-order chi connectivity index (χ1) is 20.2. The van der Waals surface area contributed by atoms with Crippen LogP contribution < -0.4 is 10.3 Å². The Hall–Kier alpha value is -4.71. The molecule has 0 spiro atoms. The molecule has 0 N–H and O–H groups in total. The first kappa shape index (κ1) is 28.8. The molecule has 214 valence electrons. The zero-order chi connectivity index (χ0) is 29.9. The van der Waals surface area contributed by atoms with E-state index in [9.17, 15) is 9.59 Å². The lowest BCUT2D eigenvalue weighted by Crippen LogP contribution is -2.38. The van der Waals surface area contributed by atoms with Crippen molar-refractivity contribution in [3.8, 4) is 11.4 Å². The molecule has 5 rings (SSSR count). The molecule has 6 nitrogen and oxygen atoms in total. The molecule has 1 amide bonds. The summed E-state index contributed by atoms with van der Waals surface area (Å²) in [7, 11) is 1.59. The van der Waals surface area contributed by atoms with Gasteiger partial charge in [0.25, 0.3) is 11.5 Å². The zero-order valence-electron chi connectivity index (χ0n) is 24.9. The Bertz CT molecular complexity index is 1750. The van der Waals surface area contributed by atoms with Crippen LogP contribution in [0.25, 0.3) is 16.6 Å². The first-order valence-corrected chi connectivity index (χ1v) is 14.3. The summed E-state index contributed by atoms with van der Waals surface area (Å²) in [5, 5.41) is 0.501. The molecule has 0 fully saturated rings. The Morgan fingerprint density at radius 1 is 0.881 bits per heavy atom. The number of nitrogens with zero attached hydrogens (tertiary/aromatic N) is 3. The average molecular weight is 560 g/mol. The Balaban J connectivity index is 1.72. The molecular formula is C36H37N3O3. The molecule has 0 bridgehead atoms. The highest BCUT2D eigenvalue weighted by Crippen LogP contribution is 2.32. The summed E-state index contributed by atoms with van der Waals surface area (Å²) in [6.07, 6.45) is 0.540. The predicted molar refractivity (Wildman–Crippen MR) is 168 cm³/mol. The zero-order valence-corrected chi connectivity index (χ0v) is 24.9. The van der Waals surface area contributed by atoms with Crippen LogP contribution in [0.4, 0.5) is 0 Å². The van der Waals surface area contributed by atoms with Gasteiger partial charge in [0.15, 0.2) is 0 Å². The maximum Gasteiger partial charge on any atom is 0.266 e. The minimum atomic E-state index is -0.512. The second-order valence-electron chi connectivity index (χ2n) is 11.5. The van der Waals surface area contributed by atoms with Gasteiger partial charge < -0.3 is 9.64 Å². The Morgan fingerprint density at radius 3 is 2.19 bits per heavy atom. The second kappa shape index (κ2) is 12.0. The molecule has 5 aromatic rings. The van der Waals surface area contributed by atoms with Crippen molar-refractivity contribution in [3.05, 3.63) is 136 Å². The van der Waals surface area contributed by atoms with Crippen molar-refractivity contribution < 1.29 is 9.53 Å². The van der Waals surface area contributed by atoms with Crippen molar-refractivity contribution in [1.29, 1.82) is 0 Å². The van der Waals surface area contributed by atoms with Crippen molar-refractivity contribution in [3.63, 3.8) is 0 Å². The molecule has 4 aromatic carbocycles. The Labute approximate surface area is 247 Å². The Morgan fingerprint density at radius 2 is 1.52 bits per heavy atom. The van der Waals surface area contributed by atoms with E-state index in [2.05, 4.69) is 20.8 Å². The van der Waals surface area contributed by atoms with Crippen molar-refractivity contribution in [2.24, 2.45) is 0 Å². The molecule has 0 saturated heterocycles. The van der Waals surface area contributed by atoms with Crippen LogP contribution >= 0.6 is 0 Å². The van der Waals surface area contributed by atoms with E-state index in [1.165, 1.54) is 0 Å². The molecule has 1 aromatic heterocycles.